The number of ether oxygens (including phenoxy) is 7. The van der Waals surface area contributed by atoms with Crippen molar-refractivity contribution in [3.8, 4) is 0 Å². The van der Waals surface area contributed by atoms with E-state index in [2.05, 4.69) is 0 Å². The Kier molecular flexibility index (Phi) is 10.4. The lowest BCUT2D eigenvalue weighted by Gasteiger charge is -2.66. The van der Waals surface area contributed by atoms with Gasteiger partial charge in [0.25, 0.3) is 0 Å². The Morgan fingerprint density at radius 3 is 1.92 bits per heavy atom. The molecular weight excluding hydrogens is 644 g/mol. The van der Waals surface area contributed by atoms with E-state index in [1.807, 2.05) is 0 Å². The van der Waals surface area contributed by atoms with Crippen LogP contribution in [0.15, 0.2) is 42.0 Å². The number of carbonyl (C=O) groups excluding carboxylic acids is 6. The Morgan fingerprint density at radius 2 is 1.39 bits per heavy atom. The zero-order valence-corrected chi connectivity index (χ0v) is 29.1. The number of aliphatic hydroxyl groups is 1. The summed E-state index contributed by atoms with van der Waals surface area (Å²) in [6.07, 6.45) is -6.98. The van der Waals surface area contributed by atoms with Crippen LogP contribution in [0.5, 0.6) is 0 Å². The summed E-state index contributed by atoms with van der Waals surface area (Å²) in [5.74, 6) is -6.25. The third-order valence-electron chi connectivity index (χ3n) is 9.71. The van der Waals surface area contributed by atoms with E-state index in [4.69, 9.17) is 33.2 Å². The maximum absolute atomic E-state index is 14.0. The summed E-state index contributed by atoms with van der Waals surface area (Å²) < 4.78 is 42.6. The summed E-state index contributed by atoms with van der Waals surface area (Å²) in [5.41, 5.74) is -7.92. The number of carbonyl (C=O) groups is 6. The predicted octanol–water partition coefficient (Wildman–Crippen LogP) is 2.77. The van der Waals surface area contributed by atoms with Crippen molar-refractivity contribution >= 4 is 35.8 Å². The van der Waals surface area contributed by atoms with Crippen LogP contribution in [0.4, 0.5) is 0 Å². The molecule has 1 saturated heterocycles. The van der Waals surface area contributed by atoms with Gasteiger partial charge in [0.2, 0.25) is 0 Å². The first-order valence-electron chi connectivity index (χ1n) is 15.9. The minimum Gasteiger partial charge on any atom is -0.465 e. The SMILES string of the molecule is C/C=C(/C)C(=O)OC1C(OC(C)=O)C[C@@](C)(O)[C@]23OC(C)(C)[C@H](C(OC(C)=O)C(OC(=O)c4ccccc4)[C@]12COC(C)=O)C3OC(C)=O. The summed E-state index contributed by atoms with van der Waals surface area (Å²) in [7, 11) is 0. The Labute approximate surface area is 284 Å². The molecular formula is C35H44O14. The van der Waals surface area contributed by atoms with Gasteiger partial charge in [-0.1, -0.05) is 24.3 Å². The smallest absolute Gasteiger partial charge is 0.338 e. The van der Waals surface area contributed by atoms with Crippen molar-refractivity contribution in [2.24, 2.45) is 11.3 Å². The fourth-order valence-corrected chi connectivity index (χ4v) is 7.96. The molecule has 1 heterocycles. The summed E-state index contributed by atoms with van der Waals surface area (Å²) in [4.78, 5) is 78.7. The van der Waals surface area contributed by atoms with E-state index < -0.39 is 107 Å². The van der Waals surface area contributed by atoms with E-state index in [0.717, 1.165) is 27.7 Å². The highest BCUT2D eigenvalue weighted by atomic mass is 16.7. The molecule has 3 fully saturated rings. The molecule has 1 aromatic rings. The number of esters is 6. The Morgan fingerprint density at radius 1 is 0.796 bits per heavy atom. The number of fused-ring (bicyclic) bond motifs is 1. The minimum absolute atomic E-state index is 0.0767. The second kappa shape index (κ2) is 13.5. The van der Waals surface area contributed by atoms with Crippen molar-refractivity contribution in [2.75, 3.05) is 6.61 Å². The van der Waals surface area contributed by atoms with Crippen LogP contribution in [-0.4, -0.2) is 94.9 Å². The molecule has 3 aliphatic rings. The highest BCUT2D eigenvalue weighted by molar-refractivity contribution is 5.90. The standard InChI is InChI=1S/C35H44O14/c1-10-18(2)30(40)47-27-24(44-20(4)37)16-33(9,42)35-28(46-22(6)39)25(32(7,8)49-35)26(45-21(5)38)29(34(27,35)17-43-19(3)36)48-31(41)23-14-12-11-13-15-23/h10-15,24-29,42H,16-17H2,1-9H3/b18-10-/t24?,25-,26?,27?,28?,29?,33-,34+,35+/m1/s1. The zero-order valence-electron chi connectivity index (χ0n) is 29.1. The number of rotatable bonds is 9. The first kappa shape index (κ1) is 37.5. The molecule has 1 spiro atoms. The Bertz CT molecular complexity index is 1530. The normalized spacial score (nSPS) is 34.4. The molecule has 14 heteroatoms. The van der Waals surface area contributed by atoms with Gasteiger partial charge in [-0.2, -0.15) is 0 Å². The van der Waals surface area contributed by atoms with Crippen molar-refractivity contribution < 1.29 is 67.0 Å². The van der Waals surface area contributed by atoms with E-state index in [-0.39, 0.29) is 11.1 Å². The summed E-state index contributed by atoms with van der Waals surface area (Å²) in [5, 5.41) is 12.7. The van der Waals surface area contributed by atoms with Crippen LogP contribution in [0.1, 0.15) is 79.1 Å². The molecule has 1 aliphatic heterocycles. The van der Waals surface area contributed by atoms with Gasteiger partial charge in [0.05, 0.1) is 22.7 Å². The molecule has 14 nitrogen and oxygen atoms in total. The number of hydrogen-bond acceptors (Lipinski definition) is 14. The number of benzene rings is 1. The predicted molar refractivity (Wildman–Crippen MR) is 167 cm³/mol. The van der Waals surface area contributed by atoms with E-state index in [1.165, 1.54) is 32.1 Å². The quantitative estimate of drug-likeness (QED) is 0.227. The highest BCUT2D eigenvalue weighted by Gasteiger charge is 2.89. The first-order valence-corrected chi connectivity index (χ1v) is 15.9. The second-order valence-electron chi connectivity index (χ2n) is 13.5. The zero-order chi connectivity index (χ0) is 36.7. The molecule has 1 N–H and O–H groups in total. The first-order chi connectivity index (χ1) is 22.8. The third-order valence-corrected chi connectivity index (χ3v) is 9.71. The molecule has 4 rings (SSSR count). The van der Waals surface area contributed by atoms with E-state index in [0.29, 0.717) is 0 Å². The lowest BCUT2D eigenvalue weighted by Crippen LogP contribution is -2.85. The van der Waals surface area contributed by atoms with Crippen molar-refractivity contribution in [2.45, 2.75) is 116 Å². The molecule has 5 unspecified atom stereocenters. The van der Waals surface area contributed by atoms with Gasteiger partial charge < -0.3 is 38.3 Å². The van der Waals surface area contributed by atoms with Crippen molar-refractivity contribution in [1.29, 1.82) is 0 Å². The summed E-state index contributed by atoms with van der Waals surface area (Å²) in [6, 6.07) is 7.82. The maximum atomic E-state index is 14.0. The highest BCUT2D eigenvalue weighted by Crippen LogP contribution is 2.69. The van der Waals surface area contributed by atoms with Crippen molar-refractivity contribution in [3.63, 3.8) is 0 Å². The van der Waals surface area contributed by atoms with Gasteiger partial charge in [-0.25, -0.2) is 9.59 Å². The molecule has 9 atom stereocenters. The van der Waals surface area contributed by atoms with E-state index in [1.54, 1.807) is 39.0 Å². The van der Waals surface area contributed by atoms with Gasteiger partial charge >= 0.3 is 35.8 Å². The monoisotopic (exact) mass is 688 g/mol. The average molecular weight is 689 g/mol. The summed E-state index contributed by atoms with van der Waals surface area (Å²) in [6.45, 7) is 11.3. The van der Waals surface area contributed by atoms with Gasteiger partial charge in [-0.3, -0.25) is 19.2 Å². The second-order valence-corrected chi connectivity index (χ2v) is 13.5. The van der Waals surface area contributed by atoms with Gasteiger partial charge in [0.15, 0.2) is 17.8 Å². The van der Waals surface area contributed by atoms with Crippen LogP contribution in [0, 0.1) is 11.3 Å². The Hall–Kier alpha value is -4.30. The maximum Gasteiger partial charge on any atom is 0.338 e. The average Bonchev–Trinajstić information content (AvgIpc) is 3.19. The fourth-order valence-electron chi connectivity index (χ4n) is 7.96. The molecule has 2 bridgehead atoms. The van der Waals surface area contributed by atoms with Gasteiger partial charge in [-0.05, 0) is 46.8 Å². The molecule has 2 saturated carbocycles. The van der Waals surface area contributed by atoms with Crippen molar-refractivity contribution in [3.05, 3.63) is 47.5 Å². The lowest BCUT2D eigenvalue weighted by atomic mass is 9.45. The van der Waals surface area contributed by atoms with Gasteiger partial charge in [-0.15, -0.1) is 0 Å². The largest absolute Gasteiger partial charge is 0.465 e. The minimum atomic E-state index is -2.29. The molecule has 268 valence electrons. The Balaban J connectivity index is 2.20. The molecule has 0 aromatic heterocycles. The molecule has 49 heavy (non-hydrogen) atoms. The van der Waals surface area contributed by atoms with Crippen LogP contribution in [0.2, 0.25) is 0 Å². The van der Waals surface area contributed by atoms with E-state index in [9.17, 15) is 33.9 Å². The molecule has 0 radical (unpaired) electrons. The molecule has 0 amide bonds. The topological polar surface area (TPSA) is 187 Å². The summed E-state index contributed by atoms with van der Waals surface area (Å²) >= 11 is 0. The van der Waals surface area contributed by atoms with Crippen molar-refractivity contribution in [1.82, 2.24) is 0 Å². The van der Waals surface area contributed by atoms with Crippen LogP contribution in [-0.2, 0) is 57.1 Å². The fraction of sp³-hybridized carbons (Fsp3) is 0.600. The van der Waals surface area contributed by atoms with Crippen LogP contribution in [0.25, 0.3) is 0 Å². The molecule has 2 aliphatic carbocycles. The number of hydrogen-bond donors (Lipinski definition) is 1. The number of allylic oxidation sites excluding steroid dienone is 1. The van der Waals surface area contributed by atoms with Crippen LogP contribution < -0.4 is 0 Å². The van der Waals surface area contributed by atoms with Gasteiger partial charge in [0.1, 0.15) is 30.3 Å². The third kappa shape index (κ3) is 6.43. The lowest BCUT2D eigenvalue weighted by molar-refractivity contribution is -0.363. The van der Waals surface area contributed by atoms with E-state index >= 15 is 0 Å². The van der Waals surface area contributed by atoms with Crippen LogP contribution >= 0.6 is 0 Å². The van der Waals surface area contributed by atoms with Gasteiger partial charge in [0, 0.05) is 39.7 Å². The van der Waals surface area contributed by atoms with Crippen LogP contribution in [0.3, 0.4) is 0 Å². The molecule has 1 aromatic carbocycles.